The number of hydrogen-bond acceptors (Lipinski definition) is 3. The maximum atomic E-state index is 11.8. The number of nitrogens with zero attached hydrogens (tertiary/aromatic N) is 1. The van der Waals surface area contributed by atoms with E-state index in [9.17, 15) is 4.79 Å². The van der Waals surface area contributed by atoms with Gasteiger partial charge in [0.1, 0.15) is 0 Å². The molecule has 92 valence electrons. The third-order valence-corrected chi connectivity index (χ3v) is 3.77. The lowest BCUT2D eigenvalue weighted by Crippen LogP contribution is -2.58. The van der Waals surface area contributed by atoms with Gasteiger partial charge in [-0.3, -0.25) is 9.69 Å². The highest BCUT2D eigenvalue weighted by Gasteiger charge is 2.32. The largest absolute Gasteiger partial charge is 0.353 e. The van der Waals surface area contributed by atoms with E-state index in [1.807, 2.05) is 0 Å². The zero-order valence-electron chi connectivity index (χ0n) is 10.2. The van der Waals surface area contributed by atoms with Crippen molar-refractivity contribution in [1.29, 1.82) is 0 Å². The molecule has 0 aromatic rings. The summed E-state index contributed by atoms with van der Waals surface area (Å²) < 4.78 is 0. The minimum absolute atomic E-state index is 0.108. The summed E-state index contributed by atoms with van der Waals surface area (Å²) >= 11 is 0. The first-order chi connectivity index (χ1) is 7.83. The van der Waals surface area contributed by atoms with E-state index >= 15 is 0 Å². The van der Waals surface area contributed by atoms with Crippen molar-refractivity contribution >= 4 is 5.91 Å². The second kappa shape index (κ2) is 5.64. The van der Waals surface area contributed by atoms with Crippen LogP contribution in [-0.2, 0) is 4.79 Å². The fourth-order valence-electron chi connectivity index (χ4n) is 2.92. The molecule has 2 unspecified atom stereocenters. The highest BCUT2D eigenvalue weighted by Crippen LogP contribution is 2.19. The maximum absolute atomic E-state index is 11.8. The summed E-state index contributed by atoms with van der Waals surface area (Å²) in [6, 6.07) is 0.711. The van der Waals surface area contributed by atoms with Crippen LogP contribution >= 0.6 is 0 Å². The average molecular weight is 225 g/mol. The van der Waals surface area contributed by atoms with Gasteiger partial charge < -0.3 is 10.6 Å². The average Bonchev–Trinajstić information content (AvgIpc) is 2.57. The highest BCUT2D eigenvalue weighted by molar-refractivity contribution is 5.82. The molecule has 2 N–H and O–H groups in total. The van der Waals surface area contributed by atoms with E-state index in [-0.39, 0.29) is 11.9 Å². The molecule has 2 fully saturated rings. The number of nitrogens with one attached hydrogen (secondary N) is 2. The molecule has 2 atom stereocenters. The second-order valence-electron chi connectivity index (χ2n) is 4.79. The minimum Gasteiger partial charge on any atom is -0.353 e. The van der Waals surface area contributed by atoms with Crippen LogP contribution in [0.5, 0.6) is 0 Å². The summed E-state index contributed by atoms with van der Waals surface area (Å²) in [4.78, 5) is 14.2. The first-order valence-electron chi connectivity index (χ1n) is 6.57. The van der Waals surface area contributed by atoms with Gasteiger partial charge in [0.25, 0.3) is 0 Å². The van der Waals surface area contributed by atoms with E-state index < -0.39 is 0 Å². The molecule has 4 nitrogen and oxygen atoms in total. The van der Waals surface area contributed by atoms with Crippen LogP contribution in [0.15, 0.2) is 0 Å². The Morgan fingerprint density at radius 1 is 1.31 bits per heavy atom. The molecular weight excluding hydrogens is 202 g/mol. The number of hydrogen-bond donors (Lipinski definition) is 2. The summed E-state index contributed by atoms with van der Waals surface area (Å²) in [6.45, 7) is 6.18. The van der Waals surface area contributed by atoms with Gasteiger partial charge in [-0.25, -0.2) is 0 Å². The zero-order valence-corrected chi connectivity index (χ0v) is 10.2. The van der Waals surface area contributed by atoms with Crippen molar-refractivity contribution in [3.63, 3.8) is 0 Å². The highest BCUT2D eigenvalue weighted by atomic mass is 16.2. The van der Waals surface area contributed by atoms with Gasteiger partial charge in [-0.2, -0.15) is 0 Å². The molecule has 0 bridgehead atoms. The molecular formula is C12H23N3O. The fourth-order valence-corrected chi connectivity index (χ4v) is 2.92. The molecule has 2 saturated heterocycles. The van der Waals surface area contributed by atoms with Crippen molar-refractivity contribution in [1.82, 2.24) is 15.5 Å². The van der Waals surface area contributed by atoms with Crippen LogP contribution in [0.4, 0.5) is 0 Å². The van der Waals surface area contributed by atoms with Crippen LogP contribution in [0.2, 0.25) is 0 Å². The Morgan fingerprint density at radius 2 is 2.19 bits per heavy atom. The first-order valence-corrected chi connectivity index (χ1v) is 6.57. The Balaban J connectivity index is 2.01. The summed E-state index contributed by atoms with van der Waals surface area (Å²) in [5, 5.41) is 6.40. The van der Waals surface area contributed by atoms with E-state index in [0.29, 0.717) is 6.04 Å². The van der Waals surface area contributed by atoms with E-state index in [0.717, 1.165) is 32.6 Å². The van der Waals surface area contributed by atoms with Crippen LogP contribution in [-0.4, -0.2) is 49.1 Å². The summed E-state index contributed by atoms with van der Waals surface area (Å²) in [7, 11) is 0. The molecule has 0 radical (unpaired) electrons. The lowest BCUT2D eigenvalue weighted by Gasteiger charge is -2.40. The van der Waals surface area contributed by atoms with Crippen molar-refractivity contribution in [3.8, 4) is 0 Å². The SMILES string of the molecule is CCC1C(=O)NCCN1C1CCCNCC1. The van der Waals surface area contributed by atoms with Crippen molar-refractivity contribution in [2.75, 3.05) is 26.2 Å². The quantitative estimate of drug-likeness (QED) is 0.712. The zero-order chi connectivity index (χ0) is 11.4. The van der Waals surface area contributed by atoms with E-state index in [2.05, 4.69) is 22.5 Å². The molecule has 0 aromatic carbocycles. The molecule has 2 aliphatic rings. The maximum Gasteiger partial charge on any atom is 0.237 e. The number of rotatable bonds is 2. The summed E-state index contributed by atoms with van der Waals surface area (Å²) in [5.74, 6) is 0.228. The van der Waals surface area contributed by atoms with Crippen LogP contribution in [0.25, 0.3) is 0 Å². The van der Waals surface area contributed by atoms with Crippen LogP contribution in [0, 0.1) is 0 Å². The standard InChI is InChI=1S/C12H23N3O/c1-2-11-12(16)14-8-9-15(11)10-4-3-6-13-7-5-10/h10-11,13H,2-9H2,1H3,(H,14,16). The fraction of sp³-hybridized carbons (Fsp3) is 0.917. The summed E-state index contributed by atoms with van der Waals surface area (Å²) in [6.07, 6.45) is 4.58. The number of piperazine rings is 1. The molecule has 4 heteroatoms. The predicted octanol–water partition coefficient (Wildman–Crippen LogP) is 0.339. The molecule has 2 rings (SSSR count). The molecule has 2 aliphatic heterocycles. The Morgan fingerprint density at radius 3 is 3.00 bits per heavy atom. The second-order valence-corrected chi connectivity index (χ2v) is 4.79. The first kappa shape index (κ1) is 11.9. The smallest absolute Gasteiger partial charge is 0.237 e. The van der Waals surface area contributed by atoms with Gasteiger partial charge in [-0.05, 0) is 38.8 Å². The molecule has 0 aliphatic carbocycles. The predicted molar refractivity (Wildman–Crippen MR) is 64.3 cm³/mol. The molecule has 2 heterocycles. The molecule has 0 spiro atoms. The van der Waals surface area contributed by atoms with E-state index in [1.54, 1.807) is 0 Å². The van der Waals surface area contributed by atoms with Crippen molar-refractivity contribution < 1.29 is 4.79 Å². The molecule has 0 aromatic heterocycles. The monoisotopic (exact) mass is 225 g/mol. The Hall–Kier alpha value is -0.610. The minimum atomic E-state index is 0.108. The summed E-state index contributed by atoms with van der Waals surface area (Å²) in [5.41, 5.74) is 0. The Kier molecular flexibility index (Phi) is 4.18. The van der Waals surface area contributed by atoms with Gasteiger partial charge in [0.2, 0.25) is 5.91 Å². The van der Waals surface area contributed by atoms with Gasteiger partial charge in [-0.15, -0.1) is 0 Å². The van der Waals surface area contributed by atoms with Gasteiger partial charge in [0, 0.05) is 19.1 Å². The van der Waals surface area contributed by atoms with Crippen LogP contribution < -0.4 is 10.6 Å². The number of amides is 1. The normalized spacial score (nSPS) is 33.2. The third-order valence-electron chi connectivity index (χ3n) is 3.77. The third kappa shape index (κ3) is 2.55. The van der Waals surface area contributed by atoms with Crippen LogP contribution in [0.3, 0.4) is 0 Å². The van der Waals surface area contributed by atoms with Gasteiger partial charge in [0.05, 0.1) is 6.04 Å². The Bertz CT molecular complexity index is 236. The van der Waals surface area contributed by atoms with Crippen LogP contribution in [0.1, 0.15) is 32.6 Å². The van der Waals surface area contributed by atoms with E-state index in [1.165, 1.54) is 19.3 Å². The lowest BCUT2D eigenvalue weighted by molar-refractivity contribution is -0.130. The van der Waals surface area contributed by atoms with Gasteiger partial charge in [-0.1, -0.05) is 6.92 Å². The molecule has 0 saturated carbocycles. The Labute approximate surface area is 97.8 Å². The molecule has 1 amide bonds. The number of carbonyl (C=O) groups excluding carboxylic acids is 1. The molecule has 16 heavy (non-hydrogen) atoms. The topological polar surface area (TPSA) is 44.4 Å². The van der Waals surface area contributed by atoms with Gasteiger partial charge in [0.15, 0.2) is 0 Å². The van der Waals surface area contributed by atoms with Gasteiger partial charge >= 0.3 is 0 Å². The van der Waals surface area contributed by atoms with Crippen molar-refractivity contribution in [2.45, 2.75) is 44.7 Å². The van der Waals surface area contributed by atoms with Crippen molar-refractivity contribution in [2.24, 2.45) is 0 Å². The lowest BCUT2D eigenvalue weighted by atomic mass is 10.0. The van der Waals surface area contributed by atoms with E-state index in [4.69, 9.17) is 0 Å². The van der Waals surface area contributed by atoms with Crippen molar-refractivity contribution in [3.05, 3.63) is 0 Å². The number of carbonyl (C=O) groups is 1.